The summed E-state index contributed by atoms with van der Waals surface area (Å²) in [5, 5.41) is 0.102. The van der Waals surface area contributed by atoms with Gasteiger partial charge < -0.3 is 9.32 Å². The molecule has 0 spiro atoms. The lowest BCUT2D eigenvalue weighted by molar-refractivity contribution is 0.553. The molecule has 26 heavy (non-hydrogen) atoms. The molecule has 0 saturated carbocycles. The first kappa shape index (κ1) is 16.7. The Hall–Kier alpha value is -2.76. The summed E-state index contributed by atoms with van der Waals surface area (Å²) < 4.78 is 46.8. The van der Waals surface area contributed by atoms with Crippen molar-refractivity contribution in [2.45, 2.75) is 19.3 Å². The van der Waals surface area contributed by atoms with Gasteiger partial charge in [0.1, 0.15) is 23.0 Å². The Morgan fingerprint density at radius 1 is 0.846 bits per heavy atom. The quantitative estimate of drug-likeness (QED) is 0.612. The Kier molecular flexibility index (Phi) is 4.18. The first-order valence-electron chi connectivity index (χ1n) is 8.50. The fraction of sp³-hybridized carbons (Fsp3) is 0.250. The van der Waals surface area contributed by atoms with Gasteiger partial charge in [-0.05, 0) is 49.1 Å². The van der Waals surface area contributed by atoms with E-state index in [1.807, 2.05) is 0 Å². The van der Waals surface area contributed by atoms with Crippen LogP contribution in [0, 0.1) is 17.5 Å². The molecular weight excluding hydrogens is 343 g/mol. The summed E-state index contributed by atoms with van der Waals surface area (Å²) >= 11 is 0. The van der Waals surface area contributed by atoms with E-state index in [2.05, 4.69) is 4.90 Å². The van der Waals surface area contributed by atoms with Crippen molar-refractivity contribution in [3.8, 4) is 11.1 Å². The number of hydrogen-bond donors (Lipinski definition) is 0. The van der Waals surface area contributed by atoms with Gasteiger partial charge in [0.2, 0.25) is 0 Å². The fourth-order valence-electron chi connectivity index (χ4n) is 3.41. The van der Waals surface area contributed by atoms with Crippen molar-refractivity contribution in [1.82, 2.24) is 0 Å². The highest BCUT2D eigenvalue weighted by Crippen LogP contribution is 2.29. The average molecular weight is 359 g/mol. The molecule has 3 aromatic rings. The molecule has 134 valence electrons. The van der Waals surface area contributed by atoms with Crippen LogP contribution in [0.3, 0.4) is 0 Å². The van der Waals surface area contributed by atoms with E-state index in [1.165, 1.54) is 12.1 Å². The van der Waals surface area contributed by atoms with Gasteiger partial charge in [0.25, 0.3) is 0 Å². The zero-order valence-corrected chi connectivity index (χ0v) is 13.9. The van der Waals surface area contributed by atoms with Crippen LogP contribution in [0.1, 0.15) is 19.3 Å². The molecule has 1 aliphatic rings. The molecule has 0 amide bonds. The third-order valence-electron chi connectivity index (χ3n) is 4.68. The highest BCUT2D eigenvalue weighted by atomic mass is 19.1. The molecule has 0 atom stereocenters. The third kappa shape index (κ3) is 3.07. The number of rotatable bonds is 2. The van der Waals surface area contributed by atoms with Crippen LogP contribution >= 0.6 is 0 Å². The van der Waals surface area contributed by atoms with E-state index in [0.29, 0.717) is 11.8 Å². The molecule has 0 radical (unpaired) electrons. The predicted octanol–water partition coefficient (Wildman–Crippen LogP) is 4.87. The molecule has 0 unspecified atom stereocenters. The topological polar surface area (TPSA) is 33.5 Å². The lowest BCUT2D eigenvalue weighted by atomic mass is 10.0. The SMILES string of the molecule is O=c1oc2cc(N3CCCCC3)cc(F)c2cc1-c1cc(F)cc(F)c1. The number of fused-ring (bicyclic) bond motifs is 1. The molecule has 0 N–H and O–H groups in total. The normalized spacial score (nSPS) is 14.8. The minimum atomic E-state index is -0.819. The van der Waals surface area contributed by atoms with Gasteiger partial charge in [-0.25, -0.2) is 18.0 Å². The molecule has 4 rings (SSSR count). The first-order chi connectivity index (χ1) is 12.5. The Morgan fingerprint density at radius 3 is 2.23 bits per heavy atom. The Bertz CT molecular complexity index is 1020. The zero-order valence-electron chi connectivity index (χ0n) is 13.9. The largest absolute Gasteiger partial charge is 0.422 e. The lowest BCUT2D eigenvalue weighted by Crippen LogP contribution is -2.29. The van der Waals surface area contributed by atoms with Crippen LogP contribution in [0.25, 0.3) is 22.1 Å². The second-order valence-corrected chi connectivity index (χ2v) is 6.49. The van der Waals surface area contributed by atoms with Gasteiger partial charge >= 0.3 is 5.63 Å². The molecule has 3 nitrogen and oxygen atoms in total. The molecular formula is C20H16F3NO2. The van der Waals surface area contributed by atoms with Crippen LogP contribution in [0.5, 0.6) is 0 Å². The molecule has 1 aliphatic heterocycles. The van der Waals surface area contributed by atoms with E-state index in [4.69, 9.17) is 4.42 Å². The molecule has 1 saturated heterocycles. The number of halogens is 3. The van der Waals surface area contributed by atoms with Gasteiger partial charge in [-0.1, -0.05) is 0 Å². The molecule has 1 fully saturated rings. The van der Waals surface area contributed by atoms with Crippen molar-refractivity contribution in [1.29, 1.82) is 0 Å². The van der Waals surface area contributed by atoms with Crippen LogP contribution in [-0.2, 0) is 0 Å². The molecule has 0 aliphatic carbocycles. The van der Waals surface area contributed by atoms with Gasteiger partial charge in [0, 0.05) is 30.9 Å². The van der Waals surface area contributed by atoms with E-state index >= 15 is 0 Å². The zero-order chi connectivity index (χ0) is 18.3. The standard InChI is InChI=1S/C20H16F3NO2/c21-13-6-12(7-14(22)8-13)16-11-17-18(23)9-15(10-19(17)26-20(16)25)24-4-2-1-3-5-24/h6-11H,1-5H2. The van der Waals surface area contributed by atoms with E-state index in [1.54, 1.807) is 6.07 Å². The minimum Gasteiger partial charge on any atom is -0.422 e. The van der Waals surface area contributed by atoms with Crippen LogP contribution in [-0.4, -0.2) is 13.1 Å². The highest BCUT2D eigenvalue weighted by Gasteiger charge is 2.17. The molecule has 2 heterocycles. The smallest absolute Gasteiger partial charge is 0.344 e. The van der Waals surface area contributed by atoms with Crippen LogP contribution in [0.15, 0.2) is 45.6 Å². The van der Waals surface area contributed by atoms with Crippen molar-refractivity contribution >= 4 is 16.7 Å². The average Bonchev–Trinajstić information content (AvgIpc) is 2.61. The monoisotopic (exact) mass is 359 g/mol. The maximum absolute atomic E-state index is 14.7. The number of benzene rings is 2. The van der Waals surface area contributed by atoms with E-state index in [9.17, 15) is 18.0 Å². The van der Waals surface area contributed by atoms with Crippen molar-refractivity contribution in [2.75, 3.05) is 18.0 Å². The summed E-state index contributed by atoms with van der Waals surface area (Å²) in [5.41, 5.74) is -0.0468. The summed E-state index contributed by atoms with van der Waals surface area (Å²) in [6, 6.07) is 7.06. The van der Waals surface area contributed by atoms with Crippen molar-refractivity contribution in [2.24, 2.45) is 0 Å². The number of piperidine rings is 1. The van der Waals surface area contributed by atoms with Crippen LogP contribution in [0.4, 0.5) is 18.9 Å². The van der Waals surface area contributed by atoms with Crippen LogP contribution < -0.4 is 10.5 Å². The summed E-state index contributed by atoms with van der Waals surface area (Å²) in [4.78, 5) is 14.4. The van der Waals surface area contributed by atoms with Gasteiger partial charge in [-0.15, -0.1) is 0 Å². The molecule has 1 aromatic heterocycles. The summed E-state index contributed by atoms with van der Waals surface area (Å²) in [5.74, 6) is -2.18. The molecule has 2 aromatic carbocycles. The van der Waals surface area contributed by atoms with E-state index in [-0.39, 0.29) is 22.1 Å². The summed E-state index contributed by atoms with van der Waals surface area (Å²) in [6.45, 7) is 1.66. The maximum Gasteiger partial charge on any atom is 0.344 e. The Labute approximate surface area is 147 Å². The lowest BCUT2D eigenvalue weighted by Gasteiger charge is -2.28. The van der Waals surface area contributed by atoms with E-state index in [0.717, 1.165) is 44.5 Å². The predicted molar refractivity (Wildman–Crippen MR) is 93.9 cm³/mol. The maximum atomic E-state index is 14.7. The number of anilines is 1. The van der Waals surface area contributed by atoms with Crippen molar-refractivity contribution in [3.05, 3.63) is 64.3 Å². The first-order valence-corrected chi connectivity index (χ1v) is 8.50. The van der Waals surface area contributed by atoms with Gasteiger partial charge in [-0.2, -0.15) is 0 Å². The Morgan fingerprint density at radius 2 is 1.54 bits per heavy atom. The number of nitrogens with zero attached hydrogens (tertiary/aromatic N) is 1. The summed E-state index contributed by atoms with van der Waals surface area (Å²) in [6.07, 6.45) is 3.22. The second kappa shape index (κ2) is 6.52. The van der Waals surface area contributed by atoms with Crippen LogP contribution in [0.2, 0.25) is 0 Å². The van der Waals surface area contributed by atoms with Crippen molar-refractivity contribution in [3.63, 3.8) is 0 Å². The second-order valence-electron chi connectivity index (χ2n) is 6.49. The van der Waals surface area contributed by atoms with Gasteiger partial charge in [0.05, 0.1) is 10.9 Å². The Balaban J connectivity index is 1.84. The molecule has 0 bridgehead atoms. The van der Waals surface area contributed by atoms with Crippen molar-refractivity contribution < 1.29 is 17.6 Å². The fourth-order valence-corrected chi connectivity index (χ4v) is 3.41. The molecule has 6 heteroatoms. The highest BCUT2D eigenvalue weighted by molar-refractivity contribution is 5.85. The minimum absolute atomic E-state index is 0.0117. The number of hydrogen-bond acceptors (Lipinski definition) is 3. The van der Waals surface area contributed by atoms with Gasteiger partial charge in [-0.3, -0.25) is 0 Å². The third-order valence-corrected chi connectivity index (χ3v) is 4.68. The van der Waals surface area contributed by atoms with E-state index < -0.39 is 23.1 Å². The summed E-state index contributed by atoms with van der Waals surface area (Å²) in [7, 11) is 0. The van der Waals surface area contributed by atoms with Gasteiger partial charge in [0.15, 0.2) is 0 Å².